The van der Waals surface area contributed by atoms with E-state index in [4.69, 9.17) is 0 Å². The van der Waals surface area contributed by atoms with Gasteiger partial charge in [0.15, 0.2) is 0 Å². The van der Waals surface area contributed by atoms with Crippen molar-refractivity contribution in [3.05, 3.63) is 60.2 Å². The molecule has 1 aromatic carbocycles. The lowest BCUT2D eigenvalue weighted by Gasteiger charge is -2.41. The van der Waals surface area contributed by atoms with Crippen molar-refractivity contribution in [2.45, 2.75) is 81.0 Å². The number of hydrogen-bond acceptors (Lipinski definition) is 5. The third-order valence-corrected chi connectivity index (χ3v) is 10.8. The number of aliphatic hydroxyl groups is 1. The summed E-state index contributed by atoms with van der Waals surface area (Å²) in [6.07, 6.45) is 11.6. The van der Waals surface area contributed by atoms with Gasteiger partial charge in [-0.3, -0.25) is 14.4 Å². The van der Waals surface area contributed by atoms with Crippen LogP contribution in [-0.2, 0) is 20.9 Å². The lowest BCUT2D eigenvalue weighted by molar-refractivity contribution is -0.146. The first-order valence-corrected chi connectivity index (χ1v) is 15.5. The summed E-state index contributed by atoms with van der Waals surface area (Å²) in [5.74, 6) is -1.30. The number of benzene rings is 1. The summed E-state index contributed by atoms with van der Waals surface area (Å²) in [4.78, 5) is 48.8. The molecule has 40 heavy (non-hydrogen) atoms. The van der Waals surface area contributed by atoms with E-state index in [0.29, 0.717) is 26.2 Å². The van der Waals surface area contributed by atoms with Gasteiger partial charge in [-0.1, -0.05) is 67.5 Å². The Bertz CT molecular complexity index is 1190. The molecule has 2 fully saturated rings. The van der Waals surface area contributed by atoms with Crippen LogP contribution in [0.15, 0.2) is 54.6 Å². The molecule has 3 amide bonds. The van der Waals surface area contributed by atoms with Crippen molar-refractivity contribution in [2.24, 2.45) is 11.8 Å². The van der Waals surface area contributed by atoms with E-state index >= 15 is 0 Å². The minimum Gasteiger partial charge on any atom is -0.396 e. The first-order valence-electron chi connectivity index (χ1n) is 14.6. The number of amides is 3. The highest BCUT2D eigenvalue weighted by molar-refractivity contribution is 8.02. The maximum atomic E-state index is 14.5. The van der Waals surface area contributed by atoms with E-state index in [9.17, 15) is 19.5 Å². The van der Waals surface area contributed by atoms with E-state index in [2.05, 4.69) is 25.2 Å². The molecule has 8 heteroatoms. The van der Waals surface area contributed by atoms with E-state index < -0.39 is 32.9 Å². The maximum Gasteiger partial charge on any atom is 0.247 e. The zero-order valence-corrected chi connectivity index (χ0v) is 25.0. The third kappa shape index (κ3) is 4.91. The standard InChI is InChI=1S/C32H43N3O4S/c1-30(2,3)35-20-13-17-32-25(28(38)34(26(32)29(35)39)19-10-5-6-11-21-36)24-27(37)33(18-12-16-31(24,4)40-32)22-23-14-8-7-9-15-23/h7-9,12-17,24-26,36H,5-6,10-11,18-22H2,1-4H3/t24-,25+,26?,31+,32+/m1/s1. The Morgan fingerprint density at radius 1 is 0.900 bits per heavy atom. The van der Waals surface area contributed by atoms with Gasteiger partial charge in [-0.2, -0.15) is 0 Å². The van der Waals surface area contributed by atoms with Crippen LogP contribution in [0.2, 0.25) is 0 Å². The number of fused-ring (bicyclic) bond motifs is 2. The molecule has 4 aliphatic rings. The predicted molar refractivity (Wildman–Crippen MR) is 158 cm³/mol. The SMILES string of the molecule is CC(C)(C)N1CC=C[C@]23S[C@@]4(C)C=CCN(Cc5ccccc5)C(=O)[C@H]4[C@H]2C(=O)N(CCCCCCO)C3C1=O. The molecule has 0 aliphatic carbocycles. The molecule has 5 rings (SSSR count). The molecule has 216 valence electrons. The van der Waals surface area contributed by atoms with Crippen LogP contribution in [0.1, 0.15) is 58.9 Å². The molecule has 4 aliphatic heterocycles. The number of carbonyl (C=O) groups excluding carboxylic acids is 3. The van der Waals surface area contributed by atoms with Crippen LogP contribution in [-0.4, -0.2) is 84.8 Å². The van der Waals surface area contributed by atoms with Crippen LogP contribution in [0.3, 0.4) is 0 Å². The molecule has 1 spiro atoms. The largest absolute Gasteiger partial charge is 0.396 e. The maximum absolute atomic E-state index is 14.5. The van der Waals surface area contributed by atoms with Crippen molar-refractivity contribution in [3.8, 4) is 0 Å². The average Bonchev–Trinajstić information content (AvgIpc) is 3.16. The van der Waals surface area contributed by atoms with E-state index in [1.165, 1.54) is 0 Å². The molecule has 0 bridgehead atoms. The quantitative estimate of drug-likeness (QED) is 0.380. The Labute approximate surface area is 242 Å². The van der Waals surface area contributed by atoms with Crippen LogP contribution in [0.25, 0.3) is 0 Å². The van der Waals surface area contributed by atoms with Crippen LogP contribution in [0.5, 0.6) is 0 Å². The molecule has 4 heterocycles. The van der Waals surface area contributed by atoms with Gasteiger partial charge in [-0.25, -0.2) is 0 Å². The fourth-order valence-electron chi connectivity index (χ4n) is 7.11. The minimum atomic E-state index is -0.811. The smallest absolute Gasteiger partial charge is 0.247 e. The molecular formula is C32H43N3O4S. The lowest BCUT2D eigenvalue weighted by Crippen LogP contribution is -2.57. The first-order chi connectivity index (χ1) is 19.0. The number of aliphatic hydroxyl groups excluding tert-OH is 1. The fraction of sp³-hybridized carbons (Fsp3) is 0.594. The molecule has 5 atom stereocenters. The number of hydrogen-bond donors (Lipinski definition) is 1. The van der Waals surface area contributed by atoms with E-state index in [0.717, 1.165) is 31.2 Å². The molecule has 0 saturated carbocycles. The summed E-state index contributed by atoms with van der Waals surface area (Å²) < 4.78 is -1.41. The highest BCUT2D eigenvalue weighted by Crippen LogP contribution is 2.65. The summed E-state index contributed by atoms with van der Waals surface area (Å²) in [6, 6.07) is 9.31. The Morgan fingerprint density at radius 2 is 1.60 bits per heavy atom. The van der Waals surface area contributed by atoms with Crippen LogP contribution in [0.4, 0.5) is 0 Å². The van der Waals surface area contributed by atoms with Gasteiger partial charge in [0, 0.05) is 43.1 Å². The predicted octanol–water partition coefficient (Wildman–Crippen LogP) is 4.02. The van der Waals surface area contributed by atoms with Gasteiger partial charge in [-0.05, 0) is 46.1 Å². The van der Waals surface area contributed by atoms with Gasteiger partial charge in [0.25, 0.3) is 0 Å². The Balaban J connectivity index is 1.54. The number of likely N-dealkylation sites (tertiary alicyclic amines) is 1. The highest BCUT2D eigenvalue weighted by Gasteiger charge is 2.74. The topological polar surface area (TPSA) is 81.2 Å². The first kappa shape index (κ1) is 28.9. The minimum absolute atomic E-state index is 0.0135. The van der Waals surface area contributed by atoms with Crippen molar-refractivity contribution < 1.29 is 19.5 Å². The molecule has 7 nitrogen and oxygen atoms in total. The van der Waals surface area contributed by atoms with Crippen molar-refractivity contribution >= 4 is 29.5 Å². The number of thioether (sulfide) groups is 1. The number of unbranched alkanes of at least 4 members (excludes halogenated alkanes) is 3. The fourth-order valence-corrected chi connectivity index (χ4v) is 9.27. The summed E-state index contributed by atoms with van der Waals surface area (Å²) in [6.45, 7) is 10.3. The Kier molecular flexibility index (Phi) is 7.96. The average molecular weight is 566 g/mol. The molecule has 0 aromatic heterocycles. The van der Waals surface area contributed by atoms with Gasteiger partial charge in [0.1, 0.15) is 6.04 Å². The van der Waals surface area contributed by atoms with Gasteiger partial charge in [0.2, 0.25) is 17.7 Å². The molecule has 1 aromatic rings. The van der Waals surface area contributed by atoms with Gasteiger partial charge >= 0.3 is 0 Å². The van der Waals surface area contributed by atoms with E-state index in [-0.39, 0.29) is 24.3 Å². The Morgan fingerprint density at radius 3 is 2.30 bits per heavy atom. The summed E-state index contributed by atoms with van der Waals surface area (Å²) >= 11 is 1.64. The van der Waals surface area contributed by atoms with E-state index in [1.807, 2.05) is 67.0 Å². The second-order valence-corrected chi connectivity index (χ2v) is 14.6. The van der Waals surface area contributed by atoms with Crippen LogP contribution in [0, 0.1) is 11.8 Å². The Hall–Kier alpha value is -2.58. The molecule has 0 radical (unpaired) electrons. The zero-order valence-electron chi connectivity index (χ0n) is 24.2. The van der Waals surface area contributed by atoms with E-state index in [1.54, 1.807) is 16.7 Å². The van der Waals surface area contributed by atoms with Crippen molar-refractivity contribution in [1.29, 1.82) is 0 Å². The summed E-state index contributed by atoms with van der Waals surface area (Å²) in [7, 11) is 0. The number of nitrogens with zero attached hydrogens (tertiary/aromatic N) is 3. The van der Waals surface area contributed by atoms with Crippen molar-refractivity contribution in [2.75, 3.05) is 26.2 Å². The molecule has 1 unspecified atom stereocenters. The lowest BCUT2D eigenvalue weighted by atomic mass is 9.74. The van der Waals surface area contributed by atoms with Crippen molar-refractivity contribution in [1.82, 2.24) is 14.7 Å². The third-order valence-electron chi connectivity index (χ3n) is 8.97. The van der Waals surface area contributed by atoms with Gasteiger partial charge < -0.3 is 19.8 Å². The molecule has 2 saturated heterocycles. The van der Waals surface area contributed by atoms with Gasteiger partial charge in [-0.15, -0.1) is 11.8 Å². The number of carbonyl (C=O) groups is 3. The van der Waals surface area contributed by atoms with Crippen molar-refractivity contribution in [3.63, 3.8) is 0 Å². The van der Waals surface area contributed by atoms with Gasteiger partial charge in [0.05, 0.1) is 16.6 Å². The molecular weight excluding hydrogens is 522 g/mol. The molecule has 1 N–H and O–H groups in total. The summed E-state index contributed by atoms with van der Waals surface area (Å²) in [5, 5.41) is 9.18. The monoisotopic (exact) mass is 565 g/mol. The number of rotatable bonds is 8. The normalized spacial score (nSPS) is 31.8. The highest BCUT2D eigenvalue weighted by atomic mass is 32.2. The van der Waals surface area contributed by atoms with Crippen LogP contribution >= 0.6 is 11.8 Å². The second kappa shape index (κ2) is 11.0. The summed E-state index contributed by atoms with van der Waals surface area (Å²) in [5.41, 5.74) is 0.652. The second-order valence-electron chi connectivity index (χ2n) is 12.8. The van der Waals surface area contributed by atoms with Crippen LogP contribution < -0.4 is 0 Å². The zero-order chi connectivity index (χ0) is 28.7.